The molecule has 2 saturated heterocycles. The Labute approximate surface area is 398 Å². The first-order valence-corrected chi connectivity index (χ1v) is 23.2. The normalized spacial score (nSPS) is 20.9. The number of hydrazine groups is 1. The number of hydrogen-bond acceptors (Lipinski definition) is 10. The fourth-order valence-corrected chi connectivity index (χ4v) is 10.1. The lowest BCUT2D eigenvalue weighted by Gasteiger charge is -2.37. The van der Waals surface area contributed by atoms with E-state index in [9.17, 15) is 37.1 Å². The number of alkyl halides is 3. The first-order chi connectivity index (χ1) is 32.5. The third-order valence-electron chi connectivity index (χ3n) is 13.5. The summed E-state index contributed by atoms with van der Waals surface area (Å²) in [6, 6.07) is 4.97. The maximum Gasteiger partial charge on any atom is 0.406 e. The molecule has 5 atom stereocenters. The predicted molar refractivity (Wildman–Crippen MR) is 249 cm³/mol. The molecule has 17 nitrogen and oxygen atoms in total. The second-order valence-corrected chi connectivity index (χ2v) is 19.5. The molecule has 4 amide bonds. The largest absolute Gasteiger partial charge is 0.464 e. The van der Waals surface area contributed by atoms with Crippen LogP contribution in [0.3, 0.4) is 0 Å². The molecule has 3 aromatic heterocycles. The number of esters is 1. The molecule has 69 heavy (non-hydrogen) atoms. The maximum atomic E-state index is 15.1. The zero-order chi connectivity index (χ0) is 50.3. The Hall–Kier alpha value is -6.28. The number of aromatic nitrogens is 4. The Balaban J connectivity index is 1.34. The molecule has 0 radical (unpaired) electrons. The number of nitrogens with one attached hydrogen (secondary N) is 2. The molecule has 372 valence electrons. The minimum atomic E-state index is -4.71. The first kappa shape index (κ1) is 50.6. The van der Waals surface area contributed by atoms with E-state index >= 15 is 4.79 Å². The van der Waals surface area contributed by atoms with Crippen LogP contribution < -0.4 is 16.3 Å². The Kier molecular flexibility index (Phi) is 14.7. The van der Waals surface area contributed by atoms with Gasteiger partial charge in [-0.3, -0.25) is 43.0 Å². The van der Waals surface area contributed by atoms with Crippen LogP contribution in [-0.2, 0) is 59.9 Å². The number of likely N-dealkylation sites (N-methyl/N-ethyl adjacent to an activating group) is 1. The summed E-state index contributed by atoms with van der Waals surface area (Å²) in [4.78, 5) is 87.2. The summed E-state index contributed by atoms with van der Waals surface area (Å²) in [7, 11) is 4.67. The fourth-order valence-electron chi connectivity index (χ4n) is 10.1. The molecule has 0 saturated carbocycles. The monoisotopic (exact) mass is 961 g/mol. The predicted octanol–water partition coefficient (Wildman–Crippen LogP) is 4.63. The number of rotatable bonds is 10. The number of hydrogen-bond donors (Lipinski definition) is 2. The van der Waals surface area contributed by atoms with E-state index in [2.05, 4.69) is 22.4 Å². The molecular formula is C49H62F3N9O8. The molecule has 6 heterocycles. The molecule has 3 aliphatic rings. The smallest absolute Gasteiger partial charge is 0.406 e. The van der Waals surface area contributed by atoms with Gasteiger partial charge in [0.1, 0.15) is 24.7 Å². The number of nitrogens with zero attached hydrogens (tertiary/aromatic N) is 7. The fraction of sp³-hybridized carbons (Fsp3) is 0.531. The number of benzene rings is 1. The van der Waals surface area contributed by atoms with Gasteiger partial charge in [0.05, 0.1) is 47.1 Å². The van der Waals surface area contributed by atoms with Crippen LogP contribution in [0.4, 0.5) is 13.2 Å². The van der Waals surface area contributed by atoms with Crippen molar-refractivity contribution < 1.29 is 46.6 Å². The van der Waals surface area contributed by atoms with Crippen LogP contribution in [-0.4, -0.2) is 128 Å². The number of carbonyl (C=O) groups is 5. The van der Waals surface area contributed by atoms with Crippen molar-refractivity contribution in [1.82, 2.24) is 44.5 Å². The van der Waals surface area contributed by atoms with E-state index in [1.807, 2.05) is 0 Å². The number of methoxy groups -OCH3 is 1. The van der Waals surface area contributed by atoms with Gasteiger partial charge in [-0.25, -0.2) is 5.43 Å². The van der Waals surface area contributed by atoms with Gasteiger partial charge >= 0.3 is 12.1 Å². The number of likely N-dealkylation sites (tertiary alicyclic amines) is 1. The third-order valence-corrected chi connectivity index (χ3v) is 13.5. The number of amides is 4. The highest BCUT2D eigenvalue weighted by Crippen LogP contribution is 2.41. The lowest BCUT2D eigenvalue weighted by molar-refractivity contribution is -0.155. The van der Waals surface area contributed by atoms with Gasteiger partial charge in [0.2, 0.25) is 17.7 Å². The van der Waals surface area contributed by atoms with Gasteiger partial charge in [0, 0.05) is 70.1 Å². The molecule has 0 spiro atoms. The highest BCUT2D eigenvalue weighted by molar-refractivity contribution is 5.94. The van der Waals surface area contributed by atoms with Gasteiger partial charge in [-0.1, -0.05) is 46.4 Å². The lowest BCUT2D eigenvalue weighted by atomic mass is 9.84. The van der Waals surface area contributed by atoms with Gasteiger partial charge < -0.3 is 29.2 Å². The average Bonchev–Trinajstić information content (AvgIpc) is 4.02. The van der Waals surface area contributed by atoms with Crippen LogP contribution in [0.2, 0.25) is 0 Å². The summed E-state index contributed by atoms with van der Waals surface area (Å²) in [5.41, 5.74) is 3.62. The van der Waals surface area contributed by atoms with Crippen LogP contribution in [0, 0.1) is 17.3 Å². The van der Waals surface area contributed by atoms with E-state index in [0.717, 1.165) is 4.57 Å². The number of aryl methyl sites for hydroxylation is 1. The van der Waals surface area contributed by atoms with E-state index in [0.29, 0.717) is 53.9 Å². The SMILES string of the molecule is C=CC(=O)N1CC[C@H](C(=O)N(C)[C@H](C(=O)N[C@H]2Cc3cccc(c3)-n3ccc4c(c(c(-c5cnn(C)c5[C@H](C)OC)n4CC(F)(F)F)CC(C)(C)COC(=O)[C@@H]4CCCN(N4)C2=O)c3=O)C(C)C)C1. The standard InChI is InChI=1S/C49H62F3N9O8/c1-10-38(62)58-19-16-31(25-58)44(64)56(7)40(28(2)3)43(63)54-36-22-30-13-11-14-32(21-30)59-20-17-37-39(46(59)66)33(23-48(5,6)27-69-47(67)35-15-12-18-61(55-35)45(36)65)42(60(37)26-49(50,51)52)34-24-53-57(8)41(34)29(4)68-9/h10-11,13-14,17,20-21,24,28-29,31,35-36,40,55H,1,12,15-16,18-19,22-23,25-27H2,2-9H3,(H,54,63)/t29-,31-,35-,36-,40-/m0/s1. The van der Waals surface area contributed by atoms with Crippen LogP contribution in [0.25, 0.3) is 27.8 Å². The van der Waals surface area contributed by atoms with Crippen LogP contribution in [0.5, 0.6) is 0 Å². The minimum Gasteiger partial charge on any atom is -0.464 e. The summed E-state index contributed by atoms with van der Waals surface area (Å²) in [6.07, 6.45) is -0.193. The number of cyclic esters (lactones) is 1. The van der Waals surface area contributed by atoms with E-state index in [1.54, 1.807) is 65.9 Å². The topological polar surface area (TPSA) is 182 Å². The van der Waals surface area contributed by atoms with Gasteiger partial charge in [-0.05, 0) is 73.9 Å². The van der Waals surface area contributed by atoms with E-state index in [1.165, 1.54) is 62.8 Å². The molecular weight excluding hydrogens is 900 g/mol. The number of carbonyl (C=O) groups excluding carboxylic acids is 5. The van der Waals surface area contributed by atoms with Crippen molar-refractivity contribution in [3.05, 3.63) is 82.6 Å². The Morgan fingerprint density at radius 2 is 1.86 bits per heavy atom. The lowest BCUT2D eigenvalue weighted by Crippen LogP contribution is -2.62. The van der Waals surface area contributed by atoms with Crippen LogP contribution in [0.15, 0.2) is 60.2 Å². The molecule has 2 N–H and O–H groups in total. The summed E-state index contributed by atoms with van der Waals surface area (Å²) < 4.78 is 59.7. The van der Waals surface area contributed by atoms with Gasteiger partial charge in [-0.2, -0.15) is 18.3 Å². The third kappa shape index (κ3) is 10.5. The molecule has 20 heteroatoms. The quantitative estimate of drug-likeness (QED) is 0.168. The number of ether oxygens (including phenoxy) is 2. The highest BCUT2D eigenvalue weighted by atomic mass is 19.4. The second kappa shape index (κ2) is 20.0. The van der Waals surface area contributed by atoms with Crippen molar-refractivity contribution in [3.8, 4) is 16.9 Å². The molecule has 6 bridgehead atoms. The maximum absolute atomic E-state index is 15.1. The zero-order valence-electron chi connectivity index (χ0n) is 40.4. The Bertz CT molecular complexity index is 2700. The van der Waals surface area contributed by atoms with E-state index in [-0.39, 0.29) is 60.9 Å². The summed E-state index contributed by atoms with van der Waals surface area (Å²) >= 11 is 0. The van der Waals surface area contributed by atoms with Crippen LogP contribution in [0.1, 0.15) is 76.8 Å². The van der Waals surface area contributed by atoms with Gasteiger partial charge in [0.25, 0.3) is 11.5 Å². The molecule has 0 unspecified atom stereocenters. The van der Waals surface area contributed by atoms with Crippen molar-refractivity contribution >= 4 is 40.5 Å². The molecule has 7 rings (SSSR count). The van der Waals surface area contributed by atoms with Gasteiger partial charge in [0.15, 0.2) is 0 Å². The van der Waals surface area contributed by atoms with E-state index < -0.39 is 77.5 Å². The Morgan fingerprint density at radius 1 is 1.12 bits per heavy atom. The summed E-state index contributed by atoms with van der Waals surface area (Å²) in [5, 5.41) is 8.68. The van der Waals surface area contributed by atoms with Gasteiger partial charge in [-0.15, -0.1) is 0 Å². The molecule has 4 aromatic rings. The van der Waals surface area contributed by atoms with Crippen LogP contribution >= 0.6 is 0 Å². The summed E-state index contributed by atoms with van der Waals surface area (Å²) in [6.45, 7) is 11.6. The minimum absolute atomic E-state index is 0.00227. The first-order valence-electron chi connectivity index (χ1n) is 23.2. The molecule has 3 aliphatic heterocycles. The number of pyridine rings is 1. The average molecular weight is 962 g/mol. The summed E-state index contributed by atoms with van der Waals surface area (Å²) in [5.74, 6) is -3.40. The Morgan fingerprint density at radius 3 is 2.54 bits per heavy atom. The highest BCUT2D eigenvalue weighted by Gasteiger charge is 2.41. The second-order valence-electron chi connectivity index (χ2n) is 19.5. The molecule has 2 fully saturated rings. The van der Waals surface area contributed by atoms with Crippen molar-refractivity contribution in [2.75, 3.05) is 40.4 Å². The van der Waals surface area contributed by atoms with Crippen molar-refractivity contribution in [2.24, 2.45) is 24.3 Å². The number of fused-ring (bicyclic) bond motifs is 6. The molecule has 0 aliphatic carbocycles. The van der Waals surface area contributed by atoms with Crippen molar-refractivity contribution in [2.45, 2.75) is 104 Å². The molecule has 1 aromatic carbocycles. The van der Waals surface area contributed by atoms with E-state index in [4.69, 9.17) is 9.47 Å². The van der Waals surface area contributed by atoms with Crippen molar-refractivity contribution in [1.29, 1.82) is 0 Å². The zero-order valence-corrected chi connectivity index (χ0v) is 40.4. The number of halogens is 3. The van der Waals surface area contributed by atoms with Crippen molar-refractivity contribution in [3.63, 3.8) is 0 Å².